The molecule has 0 saturated carbocycles. The van der Waals surface area contributed by atoms with Gasteiger partial charge < -0.3 is 10.1 Å². The first-order valence-corrected chi connectivity index (χ1v) is 6.86. The Bertz CT molecular complexity index is 701. The molecule has 1 amide bonds. The van der Waals surface area contributed by atoms with E-state index < -0.39 is 23.6 Å². The van der Waals surface area contributed by atoms with E-state index in [1.165, 1.54) is 6.07 Å². The average Bonchev–Trinajstić information content (AvgIpc) is 2.46. The fourth-order valence-corrected chi connectivity index (χ4v) is 1.86. The number of ether oxygens (including phenoxy) is 1. The van der Waals surface area contributed by atoms with Crippen LogP contribution in [0.15, 0.2) is 36.4 Å². The molecule has 0 bridgehead atoms. The number of hydrogen-bond acceptors (Lipinski definition) is 2. The van der Waals surface area contributed by atoms with Gasteiger partial charge in [0.25, 0.3) is 5.91 Å². The molecule has 2 aromatic carbocycles. The Morgan fingerprint density at radius 2 is 1.77 bits per heavy atom. The Morgan fingerprint density at radius 1 is 1.05 bits per heavy atom. The van der Waals surface area contributed by atoms with Crippen LogP contribution in [-0.4, -0.2) is 12.0 Å². The summed E-state index contributed by atoms with van der Waals surface area (Å²) in [5.41, 5.74) is 2.37. The molecule has 0 heterocycles. The number of carbonyl (C=O) groups is 1. The summed E-state index contributed by atoms with van der Waals surface area (Å²) in [6.07, 6.45) is -0.768. The number of amides is 1. The van der Waals surface area contributed by atoms with Gasteiger partial charge in [0.05, 0.1) is 0 Å². The molecule has 0 aliphatic carbocycles. The van der Waals surface area contributed by atoms with Gasteiger partial charge >= 0.3 is 0 Å². The third-order valence-corrected chi connectivity index (χ3v) is 3.35. The van der Waals surface area contributed by atoms with Crippen LogP contribution >= 0.6 is 0 Å². The number of nitrogens with one attached hydrogen (secondary N) is 1. The van der Waals surface area contributed by atoms with Gasteiger partial charge in [-0.2, -0.15) is 0 Å². The van der Waals surface area contributed by atoms with Crippen molar-refractivity contribution in [3.8, 4) is 5.75 Å². The molecule has 1 N–H and O–H groups in total. The maximum Gasteiger partial charge on any atom is 0.265 e. The lowest BCUT2D eigenvalue weighted by Gasteiger charge is -2.15. The second kappa shape index (κ2) is 6.56. The van der Waals surface area contributed by atoms with Crippen molar-refractivity contribution in [1.29, 1.82) is 0 Å². The van der Waals surface area contributed by atoms with Crippen molar-refractivity contribution in [3.05, 3.63) is 59.2 Å². The molecule has 0 spiro atoms. The molecule has 0 fully saturated rings. The van der Waals surface area contributed by atoms with Crippen LogP contribution < -0.4 is 10.1 Å². The molecule has 0 aliphatic rings. The zero-order chi connectivity index (χ0) is 16.3. The van der Waals surface area contributed by atoms with E-state index in [-0.39, 0.29) is 5.69 Å². The minimum atomic E-state index is -1.01. The number of rotatable bonds is 4. The Morgan fingerprint density at radius 3 is 2.41 bits per heavy atom. The van der Waals surface area contributed by atoms with Crippen LogP contribution in [0, 0.1) is 25.5 Å². The fraction of sp³-hybridized carbons (Fsp3) is 0.235. The molecule has 1 atom stereocenters. The number of carbonyl (C=O) groups excluding carboxylic acids is 1. The first-order chi connectivity index (χ1) is 10.4. The van der Waals surface area contributed by atoms with Gasteiger partial charge in [-0.15, -0.1) is 0 Å². The van der Waals surface area contributed by atoms with Crippen molar-refractivity contribution >= 4 is 11.6 Å². The van der Waals surface area contributed by atoms with E-state index >= 15 is 0 Å². The van der Waals surface area contributed by atoms with Crippen LogP contribution in [0.5, 0.6) is 5.75 Å². The van der Waals surface area contributed by atoms with Crippen LogP contribution in [-0.2, 0) is 4.79 Å². The summed E-state index contributed by atoms with van der Waals surface area (Å²) in [6.45, 7) is 5.52. The maximum absolute atomic E-state index is 13.1. The van der Waals surface area contributed by atoms with Crippen LogP contribution in [0.1, 0.15) is 18.1 Å². The molecule has 2 rings (SSSR count). The summed E-state index contributed by atoms with van der Waals surface area (Å²) >= 11 is 0. The van der Waals surface area contributed by atoms with Crippen molar-refractivity contribution in [1.82, 2.24) is 0 Å². The standard InChI is InChI=1S/C17H17F2NO2/c1-10-4-6-14(8-11(10)2)22-12(3)17(21)20-13-5-7-15(18)16(19)9-13/h4-9,12H,1-3H3,(H,20,21)/t12-/m0/s1. The third-order valence-electron chi connectivity index (χ3n) is 3.35. The number of benzene rings is 2. The highest BCUT2D eigenvalue weighted by Crippen LogP contribution is 2.18. The molecule has 0 aromatic heterocycles. The summed E-state index contributed by atoms with van der Waals surface area (Å²) < 4.78 is 31.5. The van der Waals surface area contributed by atoms with E-state index in [0.717, 1.165) is 23.3 Å². The number of anilines is 1. The molecule has 22 heavy (non-hydrogen) atoms. The summed E-state index contributed by atoms with van der Waals surface area (Å²) in [4.78, 5) is 12.0. The summed E-state index contributed by atoms with van der Waals surface area (Å²) in [5, 5.41) is 2.49. The molecular formula is C17H17F2NO2. The van der Waals surface area contributed by atoms with E-state index in [1.807, 2.05) is 26.0 Å². The van der Waals surface area contributed by atoms with Gasteiger partial charge in [0.2, 0.25) is 0 Å². The SMILES string of the molecule is Cc1ccc(O[C@@H](C)C(=O)Nc2ccc(F)c(F)c2)cc1C. The van der Waals surface area contributed by atoms with Crippen molar-refractivity contribution in [2.75, 3.05) is 5.32 Å². The molecule has 3 nitrogen and oxygen atoms in total. The lowest BCUT2D eigenvalue weighted by molar-refractivity contribution is -0.122. The first kappa shape index (κ1) is 15.9. The first-order valence-electron chi connectivity index (χ1n) is 6.86. The lowest BCUT2D eigenvalue weighted by atomic mass is 10.1. The Labute approximate surface area is 127 Å². The third kappa shape index (κ3) is 3.81. The van der Waals surface area contributed by atoms with Crippen molar-refractivity contribution in [3.63, 3.8) is 0 Å². The van der Waals surface area contributed by atoms with Crippen LogP contribution in [0.2, 0.25) is 0 Å². The predicted molar refractivity (Wildman–Crippen MR) is 81.0 cm³/mol. The highest BCUT2D eigenvalue weighted by Gasteiger charge is 2.16. The van der Waals surface area contributed by atoms with Gasteiger partial charge in [0.15, 0.2) is 17.7 Å². The minimum absolute atomic E-state index is 0.180. The Balaban J connectivity index is 2.02. The van der Waals surface area contributed by atoms with Gasteiger partial charge in [-0.3, -0.25) is 4.79 Å². The topological polar surface area (TPSA) is 38.3 Å². The van der Waals surface area contributed by atoms with Crippen molar-refractivity contribution in [2.45, 2.75) is 26.9 Å². The molecule has 0 saturated heterocycles. The van der Waals surface area contributed by atoms with Gasteiger partial charge in [-0.05, 0) is 56.2 Å². The largest absolute Gasteiger partial charge is 0.481 e. The molecule has 0 aliphatic heterocycles. The minimum Gasteiger partial charge on any atom is -0.481 e. The van der Waals surface area contributed by atoms with E-state index in [4.69, 9.17) is 4.74 Å². The number of halogens is 2. The lowest BCUT2D eigenvalue weighted by Crippen LogP contribution is -2.30. The van der Waals surface area contributed by atoms with Gasteiger partial charge in [-0.25, -0.2) is 8.78 Å². The van der Waals surface area contributed by atoms with Gasteiger partial charge in [-0.1, -0.05) is 6.07 Å². The normalized spacial score (nSPS) is 11.9. The maximum atomic E-state index is 13.1. The average molecular weight is 305 g/mol. The second-order valence-electron chi connectivity index (χ2n) is 5.12. The van der Waals surface area contributed by atoms with Gasteiger partial charge in [0, 0.05) is 11.8 Å². The molecule has 2 aromatic rings. The number of hydrogen-bond donors (Lipinski definition) is 1. The highest BCUT2D eigenvalue weighted by atomic mass is 19.2. The van der Waals surface area contributed by atoms with Crippen molar-refractivity contribution < 1.29 is 18.3 Å². The second-order valence-corrected chi connectivity index (χ2v) is 5.12. The monoisotopic (exact) mass is 305 g/mol. The molecular weight excluding hydrogens is 288 g/mol. The van der Waals surface area contributed by atoms with Crippen molar-refractivity contribution in [2.24, 2.45) is 0 Å². The zero-order valence-electron chi connectivity index (χ0n) is 12.6. The molecule has 0 radical (unpaired) electrons. The van der Waals surface area contributed by atoms with E-state index in [1.54, 1.807) is 13.0 Å². The predicted octanol–water partition coefficient (Wildman–Crippen LogP) is 3.99. The Hall–Kier alpha value is -2.43. The Kier molecular flexibility index (Phi) is 4.75. The number of aryl methyl sites for hydroxylation is 2. The van der Waals surface area contributed by atoms with Crippen LogP contribution in [0.3, 0.4) is 0 Å². The zero-order valence-corrected chi connectivity index (χ0v) is 12.6. The summed E-state index contributed by atoms with van der Waals surface area (Å²) in [7, 11) is 0. The molecule has 5 heteroatoms. The van der Waals surface area contributed by atoms with Gasteiger partial charge in [0.1, 0.15) is 5.75 Å². The highest BCUT2D eigenvalue weighted by molar-refractivity contribution is 5.94. The summed E-state index contributed by atoms with van der Waals surface area (Å²) in [5.74, 6) is -1.83. The fourth-order valence-electron chi connectivity index (χ4n) is 1.86. The van der Waals surface area contributed by atoms with E-state index in [9.17, 15) is 13.6 Å². The van der Waals surface area contributed by atoms with Crippen LogP contribution in [0.4, 0.5) is 14.5 Å². The van der Waals surface area contributed by atoms with E-state index in [2.05, 4.69) is 5.32 Å². The molecule has 0 unspecified atom stereocenters. The molecule has 116 valence electrons. The summed E-state index contributed by atoms with van der Waals surface area (Å²) in [6, 6.07) is 8.71. The smallest absolute Gasteiger partial charge is 0.265 e. The quantitative estimate of drug-likeness (QED) is 0.927. The van der Waals surface area contributed by atoms with E-state index in [0.29, 0.717) is 5.75 Å². The van der Waals surface area contributed by atoms with Crippen LogP contribution in [0.25, 0.3) is 0 Å².